The first-order valence-electron chi connectivity index (χ1n) is 7.48. The minimum Gasteiger partial charge on any atom is -0.459 e. The number of nitrogens with one attached hydrogen (secondary N) is 2. The van der Waals surface area contributed by atoms with Crippen LogP contribution in [0.1, 0.15) is 35.4 Å². The summed E-state index contributed by atoms with van der Waals surface area (Å²) in [6, 6.07) is 9.29. The lowest BCUT2D eigenvalue weighted by atomic mass is 9.72. The molecule has 2 N–H and O–H groups in total. The SMILES string of the molecule is O=C(CNC(=O)c1ccco1)NC1(c2ccc(F)cc2)CCC1. The van der Waals surface area contributed by atoms with Gasteiger partial charge in [0, 0.05) is 0 Å². The molecule has 1 aromatic heterocycles. The third kappa shape index (κ3) is 3.26. The molecule has 0 saturated heterocycles. The normalized spacial score (nSPS) is 15.5. The predicted molar refractivity (Wildman–Crippen MR) is 81.1 cm³/mol. The molecule has 0 radical (unpaired) electrons. The summed E-state index contributed by atoms with van der Waals surface area (Å²) in [6.07, 6.45) is 4.00. The van der Waals surface area contributed by atoms with E-state index in [2.05, 4.69) is 10.6 Å². The summed E-state index contributed by atoms with van der Waals surface area (Å²) < 4.78 is 18.0. The fourth-order valence-corrected chi connectivity index (χ4v) is 2.75. The van der Waals surface area contributed by atoms with Crippen molar-refractivity contribution in [2.75, 3.05) is 6.54 Å². The highest BCUT2D eigenvalue weighted by atomic mass is 19.1. The maximum absolute atomic E-state index is 13.1. The molecular weight excluding hydrogens is 299 g/mol. The van der Waals surface area contributed by atoms with Crippen LogP contribution in [-0.2, 0) is 10.3 Å². The quantitative estimate of drug-likeness (QED) is 0.889. The topological polar surface area (TPSA) is 71.3 Å². The lowest BCUT2D eigenvalue weighted by molar-refractivity contribution is -0.123. The zero-order chi connectivity index (χ0) is 16.3. The number of halogens is 1. The Morgan fingerprint density at radius 2 is 1.91 bits per heavy atom. The maximum atomic E-state index is 13.1. The summed E-state index contributed by atoms with van der Waals surface area (Å²) in [6.45, 7) is -0.136. The Morgan fingerprint density at radius 1 is 1.17 bits per heavy atom. The van der Waals surface area contributed by atoms with E-state index in [0.29, 0.717) is 0 Å². The van der Waals surface area contributed by atoms with Crippen molar-refractivity contribution < 1.29 is 18.4 Å². The average Bonchev–Trinajstić information content (AvgIpc) is 3.04. The smallest absolute Gasteiger partial charge is 0.287 e. The van der Waals surface area contributed by atoms with Gasteiger partial charge in [-0.1, -0.05) is 12.1 Å². The molecule has 0 spiro atoms. The zero-order valence-electron chi connectivity index (χ0n) is 12.5. The van der Waals surface area contributed by atoms with Crippen molar-refractivity contribution in [1.82, 2.24) is 10.6 Å². The van der Waals surface area contributed by atoms with Crippen LogP contribution in [0.2, 0.25) is 0 Å². The van der Waals surface area contributed by atoms with E-state index < -0.39 is 11.4 Å². The Kier molecular flexibility index (Phi) is 4.14. The van der Waals surface area contributed by atoms with Crippen LogP contribution in [0.15, 0.2) is 47.1 Å². The fraction of sp³-hybridized carbons (Fsp3) is 0.294. The molecule has 2 amide bonds. The van der Waals surface area contributed by atoms with Gasteiger partial charge >= 0.3 is 0 Å². The predicted octanol–water partition coefficient (Wildman–Crippen LogP) is 2.34. The highest BCUT2D eigenvalue weighted by Gasteiger charge is 2.39. The number of carbonyl (C=O) groups excluding carboxylic acids is 2. The molecule has 6 heteroatoms. The number of hydrogen-bond donors (Lipinski definition) is 2. The summed E-state index contributed by atoms with van der Waals surface area (Å²) in [5.74, 6) is -0.863. The van der Waals surface area contributed by atoms with Crippen LogP contribution in [0, 0.1) is 5.82 Å². The number of furan rings is 1. The van der Waals surface area contributed by atoms with Gasteiger partial charge in [0.25, 0.3) is 5.91 Å². The molecule has 0 aliphatic heterocycles. The van der Waals surface area contributed by atoms with Gasteiger partial charge < -0.3 is 15.1 Å². The van der Waals surface area contributed by atoms with Gasteiger partial charge in [0.2, 0.25) is 5.91 Å². The number of benzene rings is 1. The molecule has 1 heterocycles. The highest BCUT2D eigenvalue weighted by Crippen LogP contribution is 2.41. The van der Waals surface area contributed by atoms with E-state index in [-0.39, 0.29) is 24.0 Å². The number of rotatable bonds is 5. The number of hydrogen-bond acceptors (Lipinski definition) is 3. The Labute approximate surface area is 132 Å². The second kappa shape index (κ2) is 6.24. The van der Waals surface area contributed by atoms with Crippen LogP contribution in [-0.4, -0.2) is 18.4 Å². The Balaban J connectivity index is 1.59. The van der Waals surface area contributed by atoms with E-state index in [9.17, 15) is 14.0 Å². The van der Waals surface area contributed by atoms with E-state index in [1.54, 1.807) is 18.2 Å². The lowest BCUT2D eigenvalue weighted by Gasteiger charge is -2.43. The molecule has 120 valence electrons. The standard InChI is InChI=1S/C17H17FN2O3/c18-13-6-4-12(5-7-13)17(8-2-9-17)20-15(21)11-19-16(22)14-3-1-10-23-14/h1,3-7,10H,2,8-9,11H2,(H,19,22)(H,20,21). The summed E-state index contributed by atoms with van der Waals surface area (Å²) in [5.41, 5.74) is 0.427. The molecule has 1 aliphatic rings. The van der Waals surface area contributed by atoms with Gasteiger partial charge in [-0.2, -0.15) is 0 Å². The lowest BCUT2D eigenvalue weighted by Crippen LogP contribution is -2.53. The highest BCUT2D eigenvalue weighted by molar-refractivity contribution is 5.94. The first-order chi connectivity index (χ1) is 11.1. The van der Waals surface area contributed by atoms with Gasteiger partial charge in [0.05, 0.1) is 18.3 Å². The van der Waals surface area contributed by atoms with Crippen molar-refractivity contribution in [3.63, 3.8) is 0 Å². The second-order valence-electron chi connectivity index (χ2n) is 5.65. The third-order valence-electron chi connectivity index (χ3n) is 4.14. The molecule has 1 fully saturated rings. The zero-order valence-corrected chi connectivity index (χ0v) is 12.5. The van der Waals surface area contributed by atoms with Crippen molar-refractivity contribution in [3.8, 4) is 0 Å². The molecule has 1 aliphatic carbocycles. The van der Waals surface area contributed by atoms with Gasteiger partial charge in [-0.05, 0) is 49.1 Å². The first-order valence-corrected chi connectivity index (χ1v) is 7.48. The third-order valence-corrected chi connectivity index (χ3v) is 4.14. The van der Waals surface area contributed by atoms with Crippen molar-refractivity contribution in [2.45, 2.75) is 24.8 Å². The van der Waals surface area contributed by atoms with Crippen molar-refractivity contribution in [2.24, 2.45) is 0 Å². The van der Waals surface area contributed by atoms with Crippen molar-refractivity contribution >= 4 is 11.8 Å². The Hall–Kier alpha value is -2.63. The fourth-order valence-electron chi connectivity index (χ4n) is 2.75. The first kappa shape index (κ1) is 15.3. The van der Waals surface area contributed by atoms with Crippen LogP contribution in [0.25, 0.3) is 0 Å². The monoisotopic (exact) mass is 316 g/mol. The molecule has 2 aromatic rings. The van der Waals surface area contributed by atoms with E-state index in [1.807, 2.05) is 0 Å². The largest absolute Gasteiger partial charge is 0.459 e. The van der Waals surface area contributed by atoms with Crippen molar-refractivity contribution in [1.29, 1.82) is 0 Å². The second-order valence-corrected chi connectivity index (χ2v) is 5.65. The van der Waals surface area contributed by atoms with Gasteiger partial charge in [0.15, 0.2) is 5.76 Å². The van der Waals surface area contributed by atoms with Gasteiger partial charge in [-0.15, -0.1) is 0 Å². The Morgan fingerprint density at radius 3 is 2.48 bits per heavy atom. The summed E-state index contributed by atoms with van der Waals surface area (Å²) in [5, 5.41) is 5.47. The van der Waals surface area contributed by atoms with Gasteiger partial charge in [-0.25, -0.2) is 4.39 Å². The molecule has 0 unspecified atom stereocenters. The molecule has 0 atom stereocenters. The molecule has 1 aromatic carbocycles. The average molecular weight is 316 g/mol. The van der Waals surface area contributed by atoms with E-state index in [4.69, 9.17) is 4.42 Å². The molecule has 1 saturated carbocycles. The Bertz CT molecular complexity index is 691. The van der Waals surface area contributed by atoms with Gasteiger partial charge in [-0.3, -0.25) is 9.59 Å². The van der Waals surface area contributed by atoms with Gasteiger partial charge in [0.1, 0.15) is 5.82 Å². The molecule has 3 rings (SSSR count). The number of carbonyl (C=O) groups is 2. The van der Waals surface area contributed by atoms with Crippen LogP contribution < -0.4 is 10.6 Å². The summed E-state index contributed by atoms with van der Waals surface area (Å²) in [4.78, 5) is 23.9. The van der Waals surface area contributed by atoms with Crippen LogP contribution in [0.3, 0.4) is 0 Å². The molecule has 23 heavy (non-hydrogen) atoms. The molecule has 5 nitrogen and oxygen atoms in total. The van der Waals surface area contributed by atoms with Crippen LogP contribution in [0.5, 0.6) is 0 Å². The van der Waals surface area contributed by atoms with E-state index in [1.165, 1.54) is 24.5 Å². The van der Waals surface area contributed by atoms with Crippen LogP contribution >= 0.6 is 0 Å². The summed E-state index contributed by atoms with van der Waals surface area (Å²) >= 11 is 0. The van der Waals surface area contributed by atoms with E-state index >= 15 is 0 Å². The minimum atomic E-state index is -0.458. The minimum absolute atomic E-state index is 0.136. The molecular formula is C17H17FN2O3. The molecule has 0 bridgehead atoms. The number of amides is 2. The van der Waals surface area contributed by atoms with Crippen LogP contribution in [0.4, 0.5) is 4.39 Å². The summed E-state index contributed by atoms with van der Waals surface area (Å²) in [7, 11) is 0. The van der Waals surface area contributed by atoms with E-state index in [0.717, 1.165) is 24.8 Å². The maximum Gasteiger partial charge on any atom is 0.287 e. The van der Waals surface area contributed by atoms with Crippen molar-refractivity contribution in [3.05, 3.63) is 59.8 Å².